The number of nitrogens with one attached hydrogen (secondary N) is 2. The van der Waals surface area contributed by atoms with Crippen molar-refractivity contribution in [3.63, 3.8) is 0 Å². The zero-order valence-electron chi connectivity index (χ0n) is 18.5. The van der Waals surface area contributed by atoms with Crippen molar-refractivity contribution in [1.29, 1.82) is 0 Å². The van der Waals surface area contributed by atoms with Gasteiger partial charge in [0.2, 0.25) is 11.8 Å². The zero-order chi connectivity index (χ0) is 24.5. The first-order chi connectivity index (χ1) is 15.9. The van der Waals surface area contributed by atoms with Gasteiger partial charge in [-0.15, -0.1) is 0 Å². The molecular formula is C20H32N4O9. The molecule has 0 aliphatic carbocycles. The first-order valence-corrected chi connectivity index (χ1v) is 10.7. The van der Waals surface area contributed by atoms with E-state index in [1.807, 2.05) is 0 Å². The highest BCUT2D eigenvalue weighted by Crippen LogP contribution is 2.03. The smallest absolute Gasteiger partial charge is 0.410 e. The molecule has 1 rings (SSSR count). The van der Waals surface area contributed by atoms with Crippen molar-refractivity contribution in [2.75, 3.05) is 65.8 Å². The number of hydrogen-bond acceptors (Lipinski definition) is 9. The molecule has 0 aromatic heterocycles. The molecule has 0 atom stereocenters. The van der Waals surface area contributed by atoms with E-state index in [0.717, 1.165) is 22.0 Å². The second-order valence-electron chi connectivity index (χ2n) is 6.91. The van der Waals surface area contributed by atoms with Crippen LogP contribution in [0.25, 0.3) is 0 Å². The molecule has 0 radical (unpaired) electrons. The number of carbonyl (C=O) groups is 5. The third-order valence-electron chi connectivity index (χ3n) is 4.31. The van der Waals surface area contributed by atoms with E-state index < -0.39 is 23.8 Å². The molecule has 13 nitrogen and oxygen atoms in total. The highest BCUT2D eigenvalue weighted by molar-refractivity contribution is 6.13. The maximum absolute atomic E-state index is 12.2. The summed E-state index contributed by atoms with van der Waals surface area (Å²) >= 11 is 0. The van der Waals surface area contributed by atoms with Crippen molar-refractivity contribution >= 4 is 29.7 Å². The lowest BCUT2D eigenvalue weighted by Crippen LogP contribution is -2.44. The van der Waals surface area contributed by atoms with Crippen molar-refractivity contribution in [2.45, 2.75) is 19.3 Å². The normalized spacial score (nSPS) is 12.7. The number of rotatable bonds is 17. The fourth-order valence-corrected chi connectivity index (χ4v) is 2.58. The summed E-state index contributed by atoms with van der Waals surface area (Å²) in [4.78, 5) is 61.1. The summed E-state index contributed by atoms with van der Waals surface area (Å²) in [5.41, 5.74) is 0. The molecule has 0 saturated carbocycles. The van der Waals surface area contributed by atoms with E-state index in [0.29, 0.717) is 13.0 Å². The Bertz CT molecular complexity index is 681. The van der Waals surface area contributed by atoms with Gasteiger partial charge in [0, 0.05) is 71.0 Å². The van der Waals surface area contributed by atoms with Crippen LogP contribution in [0, 0.1) is 0 Å². The van der Waals surface area contributed by atoms with Crippen LogP contribution in [-0.2, 0) is 28.7 Å². The number of aliphatic hydroxyl groups is 2. The van der Waals surface area contributed by atoms with E-state index in [1.54, 1.807) is 0 Å². The molecule has 1 aliphatic heterocycles. The molecule has 1 heterocycles. The van der Waals surface area contributed by atoms with Crippen LogP contribution in [0.5, 0.6) is 0 Å². The standard InChI is InChI=1S/C20H32N4O9/c25-10-1-12-32-14-9-23(20(31)33-13-2-11-26)15-17(28)22-7-6-21-16(27)5-8-24-18(29)3-4-19(24)30/h3-4,25-26H,1-2,5-15H2,(H,21,27)(H,22,28). The van der Waals surface area contributed by atoms with Crippen LogP contribution in [0.3, 0.4) is 0 Å². The Kier molecular flexibility index (Phi) is 14.1. The van der Waals surface area contributed by atoms with Gasteiger partial charge >= 0.3 is 6.09 Å². The summed E-state index contributed by atoms with van der Waals surface area (Å²) in [7, 11) is 0. The summed E-state index contributed by atoms with van der Waals surface area (Å²) in [6, 6.07) is 0. The van der Waals surface area contributed by atoms with Crippen LogP contribution in [-0.4, -0.2) is 115 Å². The molecule has 5 amide bonds. The van der Waals surface area contributed by atoms with Gasteiger partial charge in [-0.25, -0.2) is 4.79 Å². The van der Waals surface area contributed by atoms with Crippen molar-refractivity contribution in [3.8, 4) is 0 Å². The van der Waals surface area contributed by atoms with Crippen molar-refractivity contribution in [1.82, 2.24) is 20.4 Å². The van der Waals surface area contributed by atoms with Crippen LogP contribution in [0.2, 0.25) is 0 Å². The molecule has 0 aromatic rings. The zero-order valence-corrected chi connectivity index (χ0v) is 18.5. The number of imide groups is 1. The van der Waals surface area contributed by atoms with Crippen LogP contribution in [0.15, 0.2) is 12.2 Å². The monoisotopic (exact) mass is 472 g/mol. The maximum Gasteiger partial charge on any atom is 0.410 e. The Morgan fingerprint density at radius 2 is 1.52 bits per heavy atom. The van der Waals surface area contributed by atoms with Gasteiger partial charge in [-0.05, 0) is 6.42 Å². The van der Waals surface area contributed by atoms with Crippen molar-refractivity contribution < 1.29 is 43.7 Å². The van der Waals surface area contributed by atoms with E-state index in [4.69, 9.17) is 19.7 Å². The molecule has 186 valence electrons. The lowest BCUT2D eigenvalue weighted by atomic mass is 10.3. The molecule has 0 aromatic carbocycles. The van der Waals surface area contributed by atoms with Gasteiger partial charge < -0.3 is 30.3 Å². The Morgan fingerprint density at radius 3 is 2.15 bits per heavy atom. The van der Waals surface area contributed by atoms with E-state index in [2.05, 4.69) is 10.6 Å². The predicted octanol–water partition coefficient (Wildman–Crippen LogP) is -2.25. The maximum atomic E-state index is 12.2. The molecule has 0 spiro atoms. The number of carbonyl (C=O) groups excluding carboxylic acids is 5. The van der Waals surface area contributed by atoms with Gasteiger partial charge in [-0.3, -0.25) is 29.0 Å². The summed E-state index contributed by atoms with van der Waals surface area (Å²) in [6.45, 7) is 0.319. The molecule has 0 unspecified atom stereocenters. The Morgan fingerprint density at radius 1 is 0.909 bits per heavy atom. The first-order valence-electron chi connectivity index (χ1n) is 10.7. The van der Waals surface area contributed by atoms with Crippen molar-refractivity contribution in [3.05, 3.63) is 12.2 Å². The van der Waals surface area contributed by atoms with Gasteiger partial charge in [0.25, 0.3) is 11.8 Å². The molecule has 1 aliphatic rings. The number of ether oxygens (including phenoxy) is 2. The third-order valence-corrected chi connectivity index (χ3v) is 4.31. The van der Waals surface area contributed by atoms with E-state index in [-0.39, 0.29) is 77.9 Å². The quantitative estimate of drug-likeness (QED) is 0.135. The minimum absolute atomic E-state index is 0.00946. The topological polar surface area (TPSA) is 175 Å². The van der Waals surface area contributed by atoms with Crippen LogP contribution in [0.1, 0.15) is 19.3 Å². The first kappa shape index (κ1) is 28.0. The van der Waals surface area contributed by atoms with Crippen molar-refractivity contribution in [2.24, 2.45) is 0 Å². The van der Waals surface area contributed by atoms with E-state index >= 15 is 0 Å². The Balaban J connectivity index is 2.30. The minimum atomic E-state index is -0.724. The van der Waals surface area contributed by atoms with Gasteiger partial charge in [0.15, 0.2) is 0 Å². The summed E-state index contributed by atoms with van der Waals surface area (Å²) in [5, 5.41) is 22.7. The molecular weight excluding hydrogens is 440 g/mol. The predicted molar refractivity (Wildman–Crippen MR) is 114 cm³/mol. The highest BCUT2D eigenvalue weighted by atomic mass is 16.6. The fourth-order valence-electron chi connectivity index (χ4n) is 2.58. The van der Waals surface area contributed by atoms with Gasteiger partial charge in [0.05, 0.1) is 13.2 Å². The van der Waals surface area contributed by atoms with Gasteiger partial charge in [-0.1, -0.05) is 0 Å². The number of aliphatic hydroxyl groups excluding tert-OH is 2. The Labute approximate surface area is 191 Å². The number of hydrogen-bond donors (Lipinski definition) is 4. The second kappa shape index (κ2) is 16.6. The molecule has 0 fully saturated rings. The van der Waals surface area contributed by atoms with E-state index in [1.165, 1.54) is 0 Å². The highest BCUT2D eigenvalue weighted by Gasteiger charge is 2.23. The Hall–Kier alpha value is -3.03. The SMILES string of the molecule is O=C(CCN1C(=O)C=CC1=O)NCCNC(=O)CN(CCOCCCO)C(=O)OCCCO. The van der Waals surface area contributed by atoms with E-state index in [9.17, 15) is 24.0 Å². The molecule has 13 heteroatoms. The second-order valence-corrected chi connectivity index (χ2v) is 6.91. The summed E-state index contributed by atoms with van der Waals surface area (Å²) in [6.07, 6.45) is 2.23. The third kappa shape index (κ3) is 12.0. The number of amides is 5. The average molecular weight is 472 g/mol. The summed E-state index contributed by atoms with van der Waals surface area (Å²) in [5.74, 6) is -1.78. The van der Waals surface area contributed by atoms with Crippen LogP contribution < -0.4 is 10.6 Å². The fraction of sp³-hybridized carbons (Fsp3) is 0.650. The van der Waals surface area contributed by atoms with Crippen LogP contribution >= 0.6 is 0 Å². The lowest BCUT2D eigenvalue weighted by molar-refractivity contribution is -0.137. The summed E-state index contributed by atoms with van der Waals surface area (Å²) < 4.78 is 10.3. The largest absolute Gasteiger partial charge is 0.449 e. The van der Waals surface area contributed by atoms with Crippen LogP contribution in [0.4, 0.5) is 4.79 Å². The molecule has 0 bridgehead atoms. The molecule has 4 N–H and O–H groups in total. The molecule has 33 heavy (non-hydrogen) atoms. The minimum Gasteiger partial charge on any atom is -0.449 e. The number of nitrogens with zero attached hydrogens (tertiary/aromatic N) is 2. The average Bonchev–Trinajstić information content (AvgIpc) is 3.11. The van der Waals surface area contributed by atoms with Gasteiger partial charge in [-0.2, -0.15) is 0 Å². The lowest BCUT2D eigenvalue weighted by Gasteiger charge is -2.21. The molecule has 0 saturated heterocycles. The van der Waals surface area contributed by atoms with Gasteiger partial charge in [0.1, 0.15) is 6.54 Å².